The van der Waals surface area contributed by atoms with E-state index in [1.807, 2.05) is 32.9 Å². The second kappa shape index (κ2) is 4.78. The molecule has 0 bridgehead atoms. The zero-order chi connectivity index (χ0) is 13.3. The number of methoxy groups -OCH3 is 1. The van der Waals surface area contributed by atoms with Gasteiger partial charge in [0.15, 0.2) is 0 Å². The van der Waals surface area contributed by atoms with Crippen molar-refractivity contribution in [2.45, 2.75) is 26.8 Å². The summed E-state index contributed by atoms with van der Waals surface area (Å²) in [6, 6.07) is 3.69. The largest absolute Gasteiger partial charge is 0.496 e. The summed E-state index contributed by atoms with van der Waals surface area (Å²) in [4.78, 5) is 4.27. The van der Waals surface area contributed by atoms with Crippen LogP contribution in [0.2, 0.25) is 0 Å². The van der Waals surface area contributed by atoms with Crippen LogP contribution < -0.4 is 10.5 Å². The lowest BCUT2D eigenvalue weighted by Crippen LogP contribution is -2.04. The maximum Gasteiger partial charge on any atom is 0.243 e. The van der Waals surface area contributed by atoms with E-state index in [4.69, 9.17) is 15.0 Å². The van der Waals surface area contributed by atoms with E-state index < -0.39 is 0 Å². The molecule has 0 saturated carbocycles. The number of nitrogens with zero attached hydrogens (tertiary/aromatic N) is 2. The summed E-state index contributed by atoms with van der Waals surface area (Å²) in [6.45, 7) is 5.78. The van der Waals surface area contributed by atoms with Gasteiger partial charge in [-0.15, -0.1) is 0 Å². The van der Waals surface area contributed by atoms with Gasteiger partial charge in [-0.05, 0) is 44.0 Å². The molecule has 0 saturated heterocycles. The van der Waals surface area contributed by atoms with Gasteiger partial charge >= 0.3 is 0 Å². The average molecular weight is 247 g/mol. The summed E-state index contributed by atoms with van der Waals surface area (Å²) in [6.07, 6.45) is 0. The van der Waals surface area contributed by atoms with Crippen molar-refractivity contribution in [1.29, 1.82) is 0 Å². The van der Waals surface area contributed by atoms with Crippen molar-refractivity contribution < 1.29 is 9.26 Å². The highest BCUT2D eigenvalue weighted by molar-refractivity contribution is 5.60. The molecule has 0 unspecified atom stereocenters. The van der Waals surface area contributed by atoms with Gasteiger partial charge in [0, 0.05) is 5.56 Å². The average Bonchev–Trinajstić information content (AvgIpc) is 2.77. The Morgan fingerprint density at radius 2 is 1.89 bits per heavy atom. The van der Waals surface area contributed by atoms with Crippen molar-refractivity contribution in [3.8, 4) is 17.1 Å². The van der Waals surface area contributed by atoms with Crippen LogP contribution in [0.1, 0.15) is 30.0 Å². The van der Waals surface area contributed by atoms with E-state index >= 15 is 0 Å². The molecular formula is C13H17N3O2. The molecule has 1 aromatic heterocycles. The molecule has 0 aliphatic heterocycles. The fraction of sp³-hybridized carbons (Fsp3) is 0.385. The van der Waals surface area contributed by atoms with E-state index in [9.17, 15) is 0 Å². The van der Waals surface area contributed by atoms with Crippen molar-refractivity contribution in [3.05, 3.63) is 29.2 Å². The summed E-state index contributed by atoms with van der Waals surface area (Å²) in [5.74, 6) is 1.88. The van der Waals surface area contributed by atoms with Crippen LogP contribution in [0, 0.1) is 13.8 Å². The Morgan fingerprint density at radius 3 is 2.33 bits per heavy atom. The Balaban J connectivity index is 2.44. The molecule has 1 atom stereocenters. The number of benzene rings is 1. The minimum absolute atomic E-state index is 0.258. The van der Waals surface area contributed by atoms with Crippen molar-refractivity contribution in [2.24, 2.45) is 5.73 Å². The molecule has 1 aromatic carbocycles. The predicted molar refractivity (Wildman–Crippen MR) is 68.4 cm³/mol. The number of aromatic nitrogens is 2. The van der Waals surface area contributed by atoms with E-state index in [1.54, 1.807) is 7.11 Å². The number of aryl methyl sites for hydroxylation is 2. The van der Waals surface area contributed by atoms with Crippen LogP contribution in [0.15, 0.2) is 16.7 Å². The van der Waals surface area contributed by atoms with Crippen LogP contribution in [-0.2, 0) is 0 Å². The highest BCUT2D eigenvalue weighted by atomic mass is 16.5. The van der Waals surface area contributed by atoms with Crippen LogP contribution >= 0.6 is 0 Å². The van der Waals surface area contributed by atoms with Crippen molar-refractivity contribution >= 4 is 0 Å². The molecule has 0 fully saturated rings. The van der Waals surface area contributed by atoms with E-state index in [-0.39, 0.29) is 6.04 Å². The smallest absolute Gasteiger partial charge is 0.243 e. The molecule has 2 N–H and O–H groups in total. The summed E-state index contributed by atoms with van der Waals surface area (Å²) in [5.41, 5.74) is 8.68. The molecule has 0 aliphatic rings. The third-order valence-corrected chi connectivity index (χ3v) is 2.75. The maximum absolute atomic E-state index is 5.69. The Hall–Kier alpha value is -1.88. The van der Waals surface area contributed by atoms with Gasteiger partial charge in [-0.1, -0.05) is 5.16 Å². The van der Waals surface area contributed by atoms with Crippen LogP contribution in [-0.4, -0.2) is 17.3 Å². The van der Waals surface area contributed by atoms with Crippen LogP contribution in [0.25, 0.3) is 11.4 Å². The molecule has 96 valence electrons. The topological polar surface area (TPSA) is 74.2 Å². The Morgan fingerprint density at radius 1 is 1.28 bits per heavy atom. The summed E-state index contributed by atoms with van der Waals surface area (Å²) < 4.78 is 10.4. The van der Waals surface area contributed by atoms with Gasteiger partial charge in [-0.3, -0.25) is 0 Å². The zero-order valence-corrected chi connectivity index (χ0v) is 11.0. The lowest BCUT2D eigenvalue weighted by atomic mass is 10.1. The van der Waals surface area contributed by atoms with Gasteiger partial charge in [0.25, 0.3) is 0 Å². The zero-order valence-electron chi connectivity index (χ0n) is 11.0. The molecule has 0 aliphatic carbocycles. The second-order valence-corrected chi connectivity index (χ2v) is 4.39. The Bertz CT molecular complexity index is 538. The summed E-state index contributed by atoms with van der Waals surface area (Å²) in [5, 5.41) is 3.94. The van der Waals surface area contributed by atoms with E-state index in [0.29, 0.717) is 11.7 Å². The molecule has 1 heterocycles. The molecule has 2 rings (SSSR count). The molecule has 18 heavy (non-hydrogen) atoms. The number of nitrogens with two attached hydrogens (primary N) is 1. The minimum atomic E-state index is -0.258. The van der Waals surface area contributed by atoms with Gasteiger partial charge in [0.2, 0.25) is 11.7 Å². The fourth-order valence-electron chi connectivity index (χ4n) is 1.94. The Labute approximate surface area is 106 Å². The maximum atomic E-state index is 5.69. The van der Waals surface area contributed by atoms with Gasteiger partial charge in [0.05, 0.1) is 13.2 Å². The molecule has 0 radical (unpaired) electrons. The first-order chi connectivity index (χ1) is 8.52. The molecule has 0 amide bonds. The third kappa shape index (κ3) is 2.22. The van der Waals surface area contributed by atoms with Crippen LogP contribution in [0.5, 0.6) is 5.75 Å². The summed E-state index contributed by atoms with van der Waals surface area (Å²) in [7, 11) is 1.66. The number of hydrogen-bond donors (Lipinski definition) is 1. The van der Waals surface area contributed by atoms with Gasteiger partial charge in [0.1, 0.15) is 5.75 Å². The lowest BCUT2D eigenvalue weighted by Gasteiger charge is -2.09. The van der Waals surface area contributed by atoms with Crippen molar-refractivity contribution in [3.63, 3.8) is 0 Å². The summed E-state index contributed by atoms with van der Waals surface area (Å²) >= 11 is 0. The number of hydrogen-bond acceptors (Lipinski definition) is 5. The predicted octanol–water partition coefficient (Wildman–Crippen LogP) is 2.38. The monoisotopic (exact) mass is 247 g/mol. The van der Waals surface area contributed by atoms with E-state index in [2.05, 4.69) is 10.1 Å². The van der Waals surface area contributed by atoms with Gasteiger partial charge in [-0.25, -0.2) is 0 Å². The molecular weight excluding hydrogens is 230 g/mol. The first-order valence-corrected chi connectivity index (χ1v) is 5.77. The third-order valence-electron chi connectivity index (χ3n) is 2.75. The molecule has 0 spiro atoms. The first kappa shape index (κ1) is 12.6. The normalized spacial score (nSPS) is 12.5. The fourth-order valence-corrected chi connectivity index (χ4v) is 1.94. The van der Waals surface area contributed by atoms with E-state index in [0.717, 1.165) is 22.4 Å². The van der Waals surface area contributed by atoms with Crippen molar-refractivity contribution in [1.82, 2.24) is 10.1 Å². The first-order valence-electron chi connectivity index (χ1n) is 5.77. The van der Waals surface area contributed by atoms with Crippen molar-refractivity contribution in [2.75, 3.05) is 7.11 Å². The highest BCUT2D eigenvalue weighted by Gasteiger charge is 2.14. The lowest BCUT2D eigenvalue weighted by molar-refractivity contribution is 0.362. The SMILES string of the molecule is COc1c(C)cc(-c2noc([C@H](C)N)n2)cc1C. The van der Waals surface area contributed by atoms with Crippen LogP contribution in [0.3, 0.4) is 0 Å². The molecule has 2 aromatic rings. The van der Waals surface area contributed by atoms with Gasteiger partial charge < -0.3 is 15.0 Å². The van der Waals surface area contributed by atoms with E-state index in [1.165, 1.54) is 0 Å². The van der Waals surface area contributed by atoms with Gasteiger partial charge in [-0.2, -0.15) is 4.98 Å². The Kier molecular flexibility index (Phi) is 3.34. The second-order valence-electron chi connectivity index (χ2n) is 4.39. The molecule has 5 nitrogen and oxygen atoms in total. The number of ether oxygens (including phenoxy) is 1. The quantitative estimate of drug-likeness (QED) is 0.901. The number of rotatable bonds is 3. The standard InChI is InChI=1S/C13H17N3O2/c1-7-5-10(6-8(2)11(7)17-4)12-15-13(9(3)14)18-16-12/h5-6,9H,14H2,1-4H3/t9-/m0/s1. The molecule has 5 heteroatoms. The highest BCUT2D eigenvalue weighted by Crippen LogP contribution is 2.28. The minimum Gasteiger partial charge on any atom is -0.496 e. The van der Waals surface area contributed by atoms with Crippen LogP contribution in [0.4, 0.5) is 0 Å².